The summed E-state index contributed by atoms with van der Waals surface area (Å²) >= 11 is 0. The summed E-state index contributed by atoms with van der Waals surface area (Å²) in [6.07, 6.45) is -2.03. The molecule has 1 N–H and O–H groups in total. The van der Waals surface area contributed by atoms with Gasteiger partial charge in [0.05, 0.1) is 0 Å². The number of aliphatic carboxylic acids is 1. The minimum Gasteiger partial charge on any atom is -0.480 e. The van der Waals surface area contributed by atoms with Gasteiger partial charge in [0.2, 0.25) is 0 Å². The molecule has 5 heteroatoms. The number of benzene rings is 1. The number of hydrogen-bond acceptors (Lipinski definition) is 1. The Morgan fingerprint density at radius 3 is 2.37 bits per heavy atom. The first-order valence-electron chi connectivity index (χ1n) is 5.61. The van der Waals surface area contributed by atoms with Gasteiger partial charge in [-0.3, -0.25) is 4.79 Å². The first-order chi connectivity index (χ1) is 8.87. The van der Waals surface area contributed by atoms with E-state index in [1.165, 1.54) is 6.08 Å². The average Bonchev–Trinajstić information content (AvgIpc) is 2.38. The molecule has 1 atom stereocenters. The van der Waals surface area contributed by atoms with Crippen molar-refractivity contribution >= 4 is 11.5 Å². The fraction of sp³-hybridized carbons (Fsp3) is 0.214. The summed E-state index contributed by atoms with van der Waals surface area (Å²) in [4.78, 5) is 11.1. The van der Waals surface area contributed by atoms with Gasteiger partial charge in [-0.05, 0) is 11.1 Å². The van der Waals surface area contributed by atoms with Crippen molar-refractivity contribution in [2.24, 2.45) is 5.41 Å². The summed E-state index contributed by atoms with van der Waals surface area (Å²) < 4.78 is 39.2. The van der Waals surface area contributed by atoms with Crippen LogP contribution in [0.15, 0.2) is 48.6 Å². The molecule has 1 aliphatic carbocycles. The normalized spacial score (nSPS) is 23.0. The Balaban J connectivity index is 2.42. The topological polar surface area (TPSA) is 37.3 Å². The van der Waals surface area contributed by atoms with Crippen LogP contribution in [0.5, 0.6) is 0 Å². The number of carbonyl (C=O) groups is 1. The van der Waals surface area contributed by atoms with E-state index in [1.54, 1.807) is 30.3 Å². The molecular weight excluding hydrogens is 257 g/mol. The maximum absolute atomic E-state index is 13.1. The number of alkyl halides is 3. The van der Waals surface area contributed by atoms with Crippen LogP contribution in [0.1, 0.15) is 12.0 Å². The largest absolute Gasteiger partial charge is 0.480 e. The Kier molecular flexibility index (Phi) is 3.22. The van der Waals surface area contributed by atoms with E-state index in [9.17, 15) is 18.0 Å². The van der Waals surface area contributed by atoms with Gasteiger partial charge in [-0.25, -0.2) is 0 Å². The van der Waals surface area contributed by atoms with Crippen LogP contribution >= 0.6 is 0 Å². The van der Waals surface area contributed by atoms with Crippen molar-refractivity contribution in [3.05, 3.63) is 54.1 Å². The van der Waals surface area contributed by atoms with Gasteiger partial charge < -0.3 is 5.11 Å². The van der Waals surface area contributed by atoms with E-state index >= 15 is 0 Å². The van der Waals surface area contributed by atoms with Crippen LogP contribution in [-0.2, 0) is 4.79 Å². The van der Waals surface area contributed by atoms with Crippen LogP contribution in [0, 0.1) is 5.41 Å². The molecular formula is C14H11F3O2. The van der Waals surface area contributed by atoms with E-state index in [0.29, 0.717) is 17.2 Å². The molecule has 0 fully saturated rings. The van der Waals surface area contributed by atoms with E-state index in [-0.39, 0.29) is 0 Å². The van der Waals surface area contributed by atoms with Crippen molar-refractivity contribution in [1.29, 1.82) is 0 Å². The molecule has 1 aliphatic rings. The van der Waals surface area contributed by atoms with Crippen LogP contribution in [0.3, 0.4) is 0 Å². The van der Waals surface area contributed by atoms with E-state index in [0.717, 1.165) is 6.08 Å². The van der Waals surface area contributed by atoms with Gasteiger partial charge >= 0.3 is 12.1 Å². The van der Waals surface area contributed by atoms with Crippen molar-refractivity contribution < 1.29 is 23.1 Å². The van der Waals surface area contributed by atoms with Gasteiger partial charge in [-0.1, -0.05) is 48.6 Å². The highest BCUT2D eigenvalue weighted by Crippen LogP contribution is 2.48. The van der Waals surface area contributed by atoms with Gasteiger partial charge in [-0.15, -0.1) is 0 Å². The predicted octanol–water partition coefficient (Wildman–Crippen LogP) is 3.66. The van der Waals surface area contributed by atoms with Crippen LogP contribution in [-0.4, -0.2) is 17.3 Å². The molecule has 0 saturated heterocycles. The van der Waals surface area contributed by atoms with Gasteiger partial charge in [0.1, 0.15) is 0 Å². The molecule has 1 unspecified atom stereocenters. The lowest BCUT2D eigenvalue weighted by Crippen LogP contribution is -2.44. The average molecular weight is 268 g/mol. The minimum atomic E-state index is -4.83. The molecule has 0 bridgehead atoms. The summed E-state index contributed by atoms with van der Waals surface area (Å²) in [5.41, 5.74) is -1.88. The fourth-order valence-corrected chi connectivity index (χ4v) is 2.06. The van der Waals surface area contributed by atoms with E-state index < -0.39 is 24.0 Å². The summed E-state index contributed by atoms with van der Waals surface area (Å²) in [5.74, 6) is -1.88. The molecule has 19 heavy (non-hydrogen) atoms. The summed E-state index contributed by atoms with van der Waals surface area (Å²) in [5, 5.41) is 8.99. The zero-order chi connectivity index (χ0) is 14.1. The summed E-state index contributed by atoms with van der Waals surface area (Å²) in [7, 11) is 0. The Labute approximate surface area is 107 Å². The van der Waals surface area contributed by atoms with Crippen molar-refractivity contribution in [2.45, 2.75) is 12.6 Å². The highest BCUT2D eigenvalue weighted by atomic mass is 19.4. The van der Waals surface area contributed by atoms with Gasteiger partial charge in [0.15, 0.2) is 5.41 Å². The SMILES string of the molecule is O=C(O)C1(C(F)(F)F)C=CC=C(c2ccccc2)C1. The third kappa shape index (κ3) is 2.28. The first kappa shape index (κ1) is 13.4. The molecule has 0 saturated carbocycles. The van der Waals surface area contributed by atoms with Crippen molar-refractivity contribution in [2.75, 3.05) is 0 Å². The second kappa shape index (κ2) is 4.57. The van der Waals surface area contributed by atoms with Gasteiger partial charge in [0, 0.05) is 6.42 Å². The molecule has 1 aromatic rings. The number of rotatable bonds is 2. The van der Waals surface area contributed by atoms with E-state index in [2.05, 4.69) is 0 Å². The molecule has 0 aromatic heterocycles. The molecule has 0 radical (unpaired) electrons. The molecule has 100 valence electrons. The number of allylic oxidation sites excluding steroid dienone is 3. The summed E-state index contributed by atoms with van der Waals surface area (Å²) in [6.45, 7) is 0. The quantitative estimate of drug-likeness (QED) is 0.888. The second-order valence-electron chi connectivity index (χ2n) is 4.37. The highest BCUT2D eigenvalue weighted by Gasteiger charge is 2.59. The third-order valence-corrected chi connectivity index (χ3v) is 3.18. The van der Waals surface area contributed by atoms with Crippen LogP contribution in [0.4, 0.5) is 13.2 Å². The number of halogens is 3. The molecule has 0 amide bonds. The van der Waals surface area contributed by atoms with Crippen LogP contribution in [0.25, 0.3) is 5.57 Å². The number of hydrogen-bond donors (Lipinski definition) is 1. The smallest absolute Gasteiger partial charge is 0.408 e. The predicted molar refractivity (Wildman–Crippen MR) is 64.3 cm³/mol. The lowest BCUT2D eigenvalue weighted by molar-refractivity contribution is -0.216. The molecule has 2 rings (SSSR count). The third-order valence-electron chi connectivity index (χ3n) is 3.18. The van der Waals surface area contributed by atoms with Crippen molar-refractivity contribution in [1.82, 2.24) is 0 Å². The van der Waals surface area contributed by atoms with Gasteiger partial charge in [0.25, 0.3) is 0 Å². The zero-order valence-corrected chi connectivity index (χ0v) is 9.82. The fourth-order valence-electron chi connectivity index (χ4n) is 2.06. The lowest BCUT2D eigenvalue weighted by Gasteiger charge is -2.31. The number of carboxylic acid groups (broad SMARTS) is 1. The van der Waals surface area contributed by atoms with Crippen molar-refractivity contribution in [3.63, 3.8) is 0 Å². The van der Waals surface area contributed by atoms with Gasteiger partial charge in [-0.2, -0.15) is 13.2 Å². The maximum atomic E-state index is 13.1. The van der Waals surface area contributed by atoms with Crippen LogP contribution < -0.4 is 0 Å². The molecule has 1 aromatic carbocycles. The lowest BCUT2D eigenvalue weighted by atomic mass is 9.76. The van der Waals surface area contributed by atoms with E-state index in [4.69, 9.17) is 5.11 Å². The Morgan fingerprint density at radius 1 is 1.21 bits per heavy atom. The molecule has 2 nitrogen and oxygen atoms in total. The number of carboxylic acids is 1. The molecule has 0 heterocycles. The Hall–Kier alpha value is -2.04. The molecule has 0 spiro atoms. The Bertz CT molecular complexity index is 544. The first-order valence-corrected chi connectivity index (χ1v) is 5.61. The maximum Gasteiger partial charge on any atom is 0.408 e. The van der Waals surface area contributed by atoms with Crippen LogP contribution in [0.2, 0.25) is 0 Å². The standard InChI is InChI=1S/C14H11F3O2/c15-14(16,17)13(12(18)19)8-4-7-11(9-13)10-5-2-1-3-6-10/h1-8H,9H2,(H,18,19). The van der Waals surface area contributed by atoms with E-state index in [1.807, 2.05) is 0 Å². The molecule has 0 aliphatic heterocycles. The highest BCUT2D eigenvalue weighted by molar-refractivity contribution is 5.84. The zero-order valence-electron chi connectivity index (χ0n) is 9.82. The second-order valence-corrected chi connectivity index (χ2v) is 4.37. The Morgan fingerprint density at radius 2 is 1.84 bits per heavy atom. The van der Waals surface area contributed by atoms with Crippen molar-refractivity contribution in [3.8, 4) is 0 Å². The summed E-state index contributed by atoms with van der Waals surface area (Å²) in [6, 6.07) is 8.47. The monoisotopic (exact) mass is 268 g/mol. The minimum absolute atomic E-state index is 0.364.